The summed E-state index contributed by atoms with van der Waals surface area (Å²) >= 11 is 0. The van der Waals surface area contributed by atoms with Crippen molar-refractivity contribution >= 4 is 78.0 Å². The van der Waals surface area contributed by atoms with E-state index in [4.69, 9.17) is 0 Å². The van der Waals surface area contributed by atoms with Crippen molar-refractivity contribution in [3.63, 3.8) is 0 Å². The van der Waals surface area contributed by atoms with Gasteiger partial charge in [-0.25, -0.2) is 0 Å². The summed E-state index contributed by atoms with van der Waals surface area (Å²) in [5, 5.41) is 9.44. The molecule has 0 spiro atoms. The zero-order chi connectivity index (χ0) is 55.9. The van der Waals surface area contributed by atoms with Gasteiger partial charge >= 0.3 is 0 Å². The number of carbonyl (C=O) groups excluding carboxylic acids is 4. The summed E-state index contributed by atoms with van der Waals surface area (Å²) in [6.07, 6.45) is 39.3. The van der Waals surface area contributed by atoms with Crippen LogP contribution in [0.2, 0.25) is 0 Å². The molecule has 11 unspecified atom stereocenters. The Balaban J connectivity index is 0.825. The van der Waals surface area contributed by atoms with Crippen molar-refractivity contribution in [1.29, 1.82) is 0 Å². The molecule has 3 heterocycles. The number of hydrogen-bond donors (Lipinski definition) is 0. The Labute approximate surface area is 489 Å². The maximum atomic E-state index is 15.6. The first-order valence-corrected chi connectivity index (χ1v) is 34.1. The van der Waals surface area contributed by atoms with Crippen molar-refractivity contribution in [2.45, 2.75) is 219 Å². The number of likely N-dealkylation sites (tertiary alicyclic amines) is 1. The smallest absolute Gasteiger partial charge is 0.264 e. The zero-order valence-corrected chi connectivity index (χ0v) is 50.3. The third kappa shape index (κ3) is 8.56. The summed E-state index contributed by atoms with van der Waals surface area (Å²) in [4.78, 5) is 67.1. The van der Waals surface area contributed by atoms with Crippen LogP contribution in [0.1, 0.15) is 239 Å². The molecule has 0 aromatic heterocycles. The van der Waals surface area contributed by atoms with E-state index < -0.39 is 0 Å². The van der Waals surface area contributed by atoms with Gasteiger partial charge < -0.3 is 4.90 Å². The first-order valence-electron chi connectivity index (χ1n) is 34.1. The summed E-state index contributed by atoms with van der Waals surface area (Å²) in [6, 6.07) is 16.3. The first kappa shape index (κ1) is 54.6. The predicted molar refractivity (Wildman–Crippen MR) is 337 cm³/mol. The summed E-state index contributed by atoms with van der Waals surface area (Å²) < 4.78 is 0. The minimum Gasteiger partial charge on any atom is -0.371 e. The first-order chi connectivity index (χ1) is 40.3. The third-order valence-electron chi connectivity index (χ3n) is 23.5. The van der Waals surface area contributed by atoms with E-state index in [0.717, 1.165) is 156 Å². The summed E-state index contributed by atoms with van der Waals surface area (Å²) in [5.41, 5.74) is 8.43. The second-order valence-corrected chi connectivity index (χ2v) is 27.7. The van der Waals surface area contributed by atoms with Crippen LogP contribution in [0.4, 0.5) is 5.69 Å². The largest absolute Gasteiger partial charge is 0.371 e. The van der Waals surface area contributed by atoms with Crippen molar-refractivity contribution in [3.8, 4) is 0 Å². The van der Waals surface area contributed by atoms with Gasteiger partial charge in [-0.1, -0.05) is 178 Å². The van der Waals surface area contributed by atoms with Crippen LogP contribution in [-0.2, 0) is 9.59 Å². The monoisotopic (exact) mass is 1100 g/mol. The van der Waals surface area contributed by atoms with E-state index in [0.29, 0.717) is 47.0 Å². The number of unbranched alkanes of at least 4 members (excludes halogenated alkanes) is 12. The summed E-state index contributed by atoms with van der Waals surface area (Å²) in [5.74, 6) is 3.78. The number of rotatable bonds is 23. The Morgan fingerprint density at radius 3 is 1.85 bits per heavy atom. The lowest BCUT2D eigenvalue weighted by molar-refractivity contribution is -0.184. The van der Waals surface area contributed by atoms with E-state index in [-0.39, 0.29) is 53.5 Å². The van der Waals surface area contributed by atoms with Crippen LogP contribution in [0.15, 0.2) is 72.3 Å². The van der Waals surface area contributed by atoms with Crippen molar-refractivity contribution in [2.24, 2.45) is 53.3 Å². The molecule has 2 saturated heterocycles. The molecule has 0 N–H and O–H groups in total. The lowest BCUT2D eigenvalue weighted by Gasteiger charge is -2.65. The number of anilines is 1. The molecule has 3 aliphatic heterocycles. The quantitative estimate of drug-likeness (QED) is 0.0214. The average Bonchev–Trinajstić information content (AvgIpc) is 0.870. The third-order valence-corrected chi connectivity index (χ3v) is 23.5. The Kier molecular flexibility index (Phi) is 15.1. The van der Waals surface area contributed by atoms with Crippen molar-refractivity contribution in [2.75, 3.05) is 18.0 Å². The molecule has 11 atom stereocenters. The minimum atomic E-state index is -0.275. The minimum absolute atomic E-state index is 0.000710. The maximum absolute atomic E-state index is 15.6. The molecule has 4 amide bonds. The second-order valence-electron chi connectivity index (χ2n) is 27.7. The number of amides is 4. The number of imide groups is 2. The van der Waals surface area contributed by atoms with E-state index in [1.54, 1.807) is 10.5 Å². The predicted octanol–water partition coefficient (Wildman–Crippen LogP) is 18.4. The zero-order valence-electron chi connectivity index (χ0n) is 50.3. The molecule has 6 aliphatic carbocycles. The molecular formula is C75H93N3O4. The van der Waals surface area contributed by atoms with Gasteiger partial charge in [0.15, 0.2) is 0 Å². The number of fused-ring (bicyclic) bond motifs is 6. The molecule has 14 rings (SSSR count). The Hall–Kier alpha value is -5.30. The van der Waals surface area contributed by atoms with Crippen molar-refractivity contribution in [3.05, 3.63) is 94.6 Å². The fourth-order valence-electron chi connectivity index (χ4n) is 20.1. The molecule has 9 aliphatic rings. The van der Waals surface area contributed by atoms with Crippen LogP contribution < -0.4 is 4.90 Å². The normalized spacial score (nSPS) is 28.4. The topological polar surface area (TPSA) is 78.0 Å². The molecule has 5 aromatic rings. The molecule has 82 heavy (non-hydrogen) atoms. The lowest BCUT2D eigenvalue weighted by atomic mass is 9.40. The van der Waals surface area contributed by atoms with Crippen molar-refractivity contribution < 1.29 is 19.2 Å². The van der Waals surface area contributed by atoms with Gasteiger partial charge in [-0.05, 0) is 191 Å². The molecule has 5 aromatic carbocycles. The fraction of sp³-hybridized carbons (Fsp3) is 0.600. The molecule has 0 radical (unpaired) electrons. The van der Waals surface area contributed by atoms with Gasteiger partial charge in [-0.15, -0.1) is 0 Å². The number of benzene rings is 5. The molecule has 4 saturated carbocycles. The van der Waals surface area contributed by atoms with Crippen LogP contribution in [0.3, 0.4) is 0 Å². The standard InChI is InChI=1S/C75H93N3O4/c1-5-9-13-17-21-27-46(26-20-16-12-8-4)78-74(81)60-41-38-56-53-33-32-49-47-28-30-50-54-36-39-58-69-59(73(80)77(72(58)79)45(24-18-14-10-6-2)25-19-15-11-7-3)40-37-55(66(54)69)51-31-29-48(63(47)64(50)51)52-34-35-57(67(53)65(49)52)61-44-62(76-42-22-23-43-76)71(75(78)82)70(60)68(56)61/h21,27,29,31-35,38,41,44-47,50-51,54-55,58-59,64,66,69H,5-20,22-26,28,30,36-37,39-40,42-43H2,1-4H3. The van der Waals surface area contributed by atoms with Gasteiger partial charge in [-0.2, -0.15) is 0 Å². The van der Waals surface area contributed by atoms with Gasteiger partial charge in [0.1, 0.15) is 0 Å². The van der Waals surface area contributed by atoms with E-state index in [1.165, 1.54) is 101 Å². The Bertz CT molecular complexity index is 3380. The molecule has 432 valence electrons. The summed E-state index contributed by atoms with van der Waals surface area (Å²) in [6.45, 7) is 10.8. The van der Waals surface area contributed by atoms with Crippen molar-refractivity contribution in [1.82, 2.24) is 9.80 Å². The van der Waals surface area contributed by atoms with Gasteiger partial charge in [-0.3, -0.25) is 29.0 Å². The van der Waals surface area contributed by atoms with E-state index >= 15 is 19.2 Å². The number of hydrogen-bond acceptors (Lipinski definition) is 5. The van der Waals surface area contributed by atoms with E-state index in [2.05, 4.69) is 99.4 Å². The Morgan fingerprint density at radius 2 is 1.16 bits per heavy atom. The fourth-order valence-corrected chi connectivity index (χ4v) is 20.1. The van der Waals surface area contributed by atoms with Gasteiger partial charge in [0.05, 0.1) is 17.3 Å². The SMILES string of the molecule is CCCCCC=CC(CCCCCC)N1C(=O)c2ccc3c4ccc5c6c(ccc(c7cc(N8CCCC8)c(c2c37)C1=O)c64)C1=C2C5CCC3C4CCC5C(=O)N(C(CCCCCC)CCCCCC)C(=O)C6CCC(C(C=C1)C23)C4C65. The van der Waals surface area contributed by atoms with Crippen LogP contribution in [0.5, 0.6) is 0 Å². The molecule has 0 bridgehead atoms. The molecule has 7 nitrogen and oxygen atoms in total. The van der Waals surface area contributed by atoms with Gasteiger partial charge in [0, 0.05) is 47.8 Å². The molecule has 6 fully saturated rings. The highest BCUT2D eigenvalue weighted by atomic mass is 16.2. The average molecular weight is 1100 g/mol. The van der Waals surface area contributed by atoms with Crippen LogP contribution in [-0.4, -0.2) is 58.6 Å². The maximum Gasteiger partial charge on any atom is 0.264 e. The highest BCUT2D eigenvalue weighted by molar-refractivity contribution is 6.40. The second kappa shape index (κ2) is 22.6. The number of carbonyl (C=O) groups is 4. The Morgan fingerprint density at radius 1 is 0.549 bits per heavy atom. The van der Waals surface area contributed by atoms with E-state index in [9.17, 15) is 0 Å². The van der Waals surface area contributed by atoms with Crippen LogP contribution in [0.25, 0.3) is 48.7 Å². The van der Waals surface area contributed by atoms with Gasteiger partial charge in [0.2, 0.25) is 11.8 Å². The molecular weight excluding hydrogens is 1010 g/mol. The number of allylic oxidation sites excluding steroid dienone is 5. The summed E-state index contributed by atoms with van der Waals surface area (Å²) in [7, 11) is 0. The highest BCUT2D eigenvalue weighted by Crippen LogP contribution is 2.69. The molecule has 7 heteroatoms. The number of piperidine rings is 1. The number of nitrogens with zero attached hydrogens (tertiary/aromatic N) is 3. The highest BCUT2D eigenvalue weighted by Gasteiger charge is 2.65. The van der Waals surface area contributed by atoms with Gasteiger partial charge in [0.25, 0.3) is 11.8 Å². The van der Waals surface area contributed by atoms with Crippen LogP contribution >= 0.6 is 0 Å². The van der Waals surface area contributed by atoms with E-state index in [1.807, 2.05) is 4.90 Å². The van der Waals surface area contributed by atoms with Crippen LogP contribution in [0, 0.1) is 53.3 Å². The lowest BCUT2D eigenvalue weighted by Crippen LogP contribution is -2.66.